The lowest BCUT2D eigenvalue weighted by atomic mass is 9.98. The molecule has 2 heterocycles. The molecule has 0 unspecified atom stereocenters. The summed E-state index contributed by atoms with van der Waals surface area (Å²) >= 11 is 0.948. The van der Waals surface area contributed by atoms with Crippen LogP contribution in [-0.2, 0) is 28.7 Å². The average molecular weight is 644 g/mol. The highest BCUT2D eigenvalue weighted by Gasteiger charge is 2.41. The van der Waals surface area contributed by atoms with E-state index in [0.717, 1.165) is 11.3 Å². The van der Waals surface area contributed by atoms with Crippen LogP contribution in [0.2, 0.25) is 0 Å². The van der Waals surface area contributed by atoms with Crippen LogP contribution in [0.5, 0.6) is 0 Å². The predicted molar refractivity (Wildman–Crippen MR) is 158 cm³/mol. The number of carboxylic acid groups (broad SMARTS) is 1. The Morgan fingerprint density at radius 3 is 2.23 bits per heavy atom. The SMILES string of the molecule is CC(C)(C)OC(=O)NC[C@H](O)CNC[C@H]1NC(=O)[C@H]1NC(=O)C(=NOC(C)(C)C(=O)O)c1csc(NC(=O)OC(C)(C)C)n1. The zero-order chi connectivity index (χ0) is 33.5. The number of ether oxygens (including phenoxy) is 2. The van der Waals surface area contributed by atoms with Crippen LogP contribution in [0.1, 0.15) is 61.1 Å². The lowest BCUT2D eigenvalue weighted by Gasteiger charge is -2.37. The standard InChI is InChI=1S/C26H41N7O10S/c1-24(2,3)41-22(39)28-10-13(34)9-27-11-14-16(18(35)29-14)31-19(36)17(33-43-26(7,8)20(37)38)15-12-44-21(30-15)32-23(40)42-25(4,5)6/h12-14,16,27,34H,9-11H2,1-8H3,(H,28,39)(H,29,35)(H,31,36)(H,37,38)(H,30,32,40)/t13-,14-,16+/m1/s1. The number of nitrogens with zero attached hydrogens (tertiary/aromatic N) is 2. The molecule has 1 aliphatic rings. The molecule has 17 nitrogen and oxygen atoms in total. The van der Waals surface area contributed by atoms with Crippen LogP contribution in [0.15, 0.2) is 10.5 Å². The minimum absolute atomic E-state index is 0.0555. The number of hydrogen-bond donors (Lipinski definition) is 7. The first-order valence-corrected chi connectivity index (χ1v) is 14.5. The van der Waals surface area contributed by atoms with Gasteiger partial charge in [-0.3, -0.25) is 14.9 Å². The van der Waals surface area contributed by atoms with Crippen molar-refractivity contribution in [1.29, 1.82) is 0 Å². The number of anilines is 1. The summed E-state index contributed by atoms with van der Waals surface area (Å²) in [6.45, 7) is 12.8. The number of aromatic nitrogens is 1. The largest absolute Gasteiger partial charge is 0.478 e. The Kier molecular flexibility index (Phi) is 12.0. The van der Waals surface area contributed by atoms with Gasteiger partial charge in [-0.2, -0.15) is 0 Å². The summed E-state index contributed by atoms with van der Waals surface area (Å²) in [5.74, 6) is -2.74. The van der Waals surface area contributed by atoms with Crippen molar-refractivity contribution in [3.8, 4) is 0 Å². The lowest BCUT2D eigenvalue weighted by Crippen LogP contribution is -2.72. The van der Waals surface area contributed by atoms with E-state index in [9.17, 15) is 34.2 Å². The van der Waals surface area contributed by atoms with E-state index in [2.05, 4.69) is 36.7 Å². The number of hydrogen-bond acceptors (Lipinski definition) is 13. The quantitative estimate of drug-likeness (QED) is 0.0885. The number of aliphatic hydroxyl groups excluding tert-OH is 1. The summed E-state index contributed by atoms with van der Waals surface area (Å²) in [6.07, 6.45) is -2.42. The highest BCUT2D eigenvalue weighted by Crippen LogP contribution is 2.20. The maximum atomic E-state index is 13.3. The van der Waals surface area contributed by atoms with Crippen LogP contribution in [0.4, 0.5) is 14.7 Å². The average Bonchev–Trinajstić information content (AvgIpc) is 3.31. The van der Waals surface area contributed by atoms with Gasteiger partial charge < -0.3 is 45.8 Å². The molecular weight excluding hydrogens is 602 g/mol. The zero-order valence-electron chi connectivity index (χ0n) is 25.9. The molecule has 18 heteroatoms. The molecule has 246 valence electrons. The van der Waals surface area contributed by atoms with Crippen LogP contribution in [0.3, 0.4) is 0 Å². The van der Waals surface area contributed by atoms with Gasteiger partial charge in [-0.05, 0) is 55.4 Å². The van der Waals surface area contributed by atoms with Crippen molar-refractivity contribution in [3.63, 3.8) is 0 Å². The maximum Gasteiger partial charge on any atom is 0.413 e. The molecule has 1 aromatic heterocycles. The minimum atomic E-state index is -1.81. The number of aliphatic hydroxyl groups is 1. The first-order valence-electron chi connectivity index (χ1n) is 13.6. The molecule has 0 bridgehead atoms. The molecule has 2 rings (SSSR count). The van der Waals surface area contributed by atoms with E-state index in [0.29, 0.717) is 0 Å². The molecule has 3 atom stereocenters. The Balaban J connectivity index is 2.05. The molecule has 0 aliphatic carbocycles. The number of amides is 4. The molecular formula is C26H41N7O10S. The summed E-state index contributed by atoms with van der Waals surface area (Å²) in [7, 11) is 0. The first-order chi connectivity index (χ1) is 20.2. The number of carbonyl (C=O) groups is 5. The topological polar surface area (TPSA) is 239 Å². The number of aliphatic carboxylic acids is 1. The molecule has 4 amide bonds. The molecule has 0 radical (unpaired) electrons. The fraction of sp³-hybridized carbons (Fsp3) is 0.654. The van der Waals surface area contributed by atoms with Crippen molar-refractivity contribution in [2.45, 2.75) is 90.4 Å². The molecule has 1 fully saturated rings. The van der Waals surface area contributed by atoms with Gasteiger partial charge in [-0.15, -0.1) is 11.3 Å². The molecule has 0 saturated carbocycles. The van der Waals surface area contributed by atoms with Gasteiger partial charge in [0, 0.05) is 25.0 Å². The third-order valence-electron chi connectivity index (χ3n) is 5.37. The summed E-state index contributed by atoms with van der Waals surface area (Å²) in [6, 6.07) is -1.59. The van der Waals surface area contributed by atoms with Crippen LogP contribution < -0.4 is 26.6 Å². The number of alkyl carbamates (subject to hydrolysis) is 1. The third kappa shape index (κ3) is 11.9. The Hall–Kier alpha value is -4.03. The summed E-state index contributed by atoms with van der Waals surface area (Å²) in [4.78, 5) is 70.2. The number of nitrogens with one attached hydrogen (secondary N) is 5. The highest BCUT2D eigenvalue weighted by molar-refractivity contribution is 7.14. The highest BCUT2D eigenvalue weighted by atomic mass is 32.1. The Labute approximate surface area is 258 Å². The maximum absolute atomic E-state index is 13.3. The van der Waals surface area contributed by atoms with Gasteiger partial charge in [0.05, 0.1) is 12.1 Å². The lowest BCUT2D eigenvalue weighted by molar-refractivity contribution is -0.161. The Morgan fingerprint density at radius 2 is 1.66 bits per heavy atom. The van der Waals surface area contributed by atoms with Gasteiger partial charge >= 0.3 is 18.2 Å². The van der Waals surface area contributed by atoms with Crippen LogP contribution in [-0.4, -0.2) is 106 Å². The summed E-state index contributed by atoms with van der Waals surface area (Å²) in [5.41, 5.74) is -3.76. The van der Waals surface area contributed by atoms with E-state index >= 15 is 0 Å². The molecule has 1 saturated heterocycles. The Morgan fingerprint density at radius 1 is 1.05 bits per heavy atom. The third-order valence-corrected chi connectivity index (χ3v) is 6.13. The van der Waals surface area contributed by atoms with Crippen LogP contribution in [0, 0.1) is 0 Å². The van der Waals surface area contributed by atoms with Crippen molar-refractivity contribution < 1.29 is 48.5 Å². The zero-order valence-corrected chi connectivity index (χ0v) is 26.7. The van der Waals surface area contributed by atoms with Gasteiger partial charge in [-0.25, -0.2) is 19.4 Å². The molecule has 1 aliphatic heterocycles. The van der Waals surface area contributed by atoms with Crippen molar-refractivity contribution in [2.24, 2.45) is 5.16 Å². The second-order valence-electron chi connectivity index (χ2n) is 12.3. The van der Waals surface area contributed by atoms with E-state index in [-0.39, 0.29) is 30.5 Å². The van der Waals surface area contributed by atoms with Crippen LogP contribution in [0.25, 0.3) is 0 Å². The van der Waals surface area contributed by atoms with E-state index in [4.69, 9.17) is 14.3 Å². The smallest absolute Gasteiger partial charge is 0.413 e. The van der Waals surface area contributed by atoms with E-state index < -0.39 is 70.7 Å². The predicted octanol–water partition coefficient (Wildman–Crippen LogP) is 0.532. The van der Waals surface area contributed by atoms with Gasteiger partial charge in [0.1, 0.15) is 22.9 Å². The molecule has 1 aromatic rings. The summed E-state index contributed by atoms with van der Waals surface area (Å²) in [5, 5.41) is 37.7. The molecule has 0 aromatic carbocycles. The van der Waals surface area contributed by atoms with E-state index in [1.165, 1.54) is 19.2 Å². The Bertz CT molecular complexity index is 1250. The van der Waals surface area contributed by atoms with Gasteiger partial charge in [0.25, 0.3) is 5.91 Å². The molecule has 0 spiro atoms. The second-order valence-corrected chi connectivity index (χ2v) is 13.1. The minimum Gasteiger partial charge on any atom is -0.478 e. The number of oxime groups is 1. The van der Waals surface area contributed by atoms with Crippen molar-refractivity contribution in [3.05, 3.63) is 11.1 Å². The number of rotatable bonds is 13. The first kappa shape index (κ1) is 36.2. The van der Waals surface area contributed by atoms with E-state index in [1.807, 2.05) is 0 Å². The van der Waals surface area contributed by atoms with Crippen molar-refractivity contribution in [1.82, 2.24) is 26.3 Å². The van der Waals surface area contributed by atoms with Crippen molar-refractivity contribution in [2.75, 3.05) is 25.0 Å². The van der Waals surface area contributed by atoms with E-state index in [1.54, 1.807) is 41.5 Å². The van der Waals surface area contributed by atoms with Gasteiger partial charge in [-0.1, -0.05) is 5.16 Å². The van der Waals surface area contributed by atoms with Gasteiger partial charge in [0.15, 0.2) is 10.8 Å². The molecule has 7 N–H and O–H groups in total. The monoisotopic (exact) mass is 643 g/mol. The summed E-state index contributed by atoms with van der Waals surface area (Å²) < 4.78 is 10.3. The fourth-order valence-electron chi connectivity index (χ4n) is 3.21. The number of β-lactam (4-membered cyclic amide) rings is 1. The molecule has 44 heavy (non-hydrogen) atoms. The van der Waals surface area contributed by atoms with Crippen LogP contribution >= 0.6 is 11.3 Å². The van der Waals surface area contributed by atoms with Gasteiger partial charge in [0.2, 0.25) is 11.5 Å². The second kappa shape index (κ2) is 14.6. The number of thiazole rings is 1. The number of carbonyl (C=O) groups excluding carboxylic acids is 4. The number of carboxylic acids is 1. The van der Waals surface area contributed by atoms with Crippen molar-refractivity contribution >= 4 is 52.2 Å². The fourth-order valence-corrected chi connectivity index (χ4v) is 3.89. The normalized spacial score (nSPS) is 17.8.